The predicted octanol–water partition coefficient (Wildman–Crippen LogP) is 2.09. The number of nitrogens with zero attached hydrogens (tertiary/aromatic N) is 2. The van der Waals surface area contributed by atoms with Gasteiger partial charge in [-0.3, -0.25) is 0 Å². The Morgan fingerprint density at radius 3 is 2.93 bits per heavy atom. The summed E-state index contributed by atoms with van der Waals surface area (Å²) >= 11 is 7.17. The smallest absolute Gasteiger partial charge is 0.410 e. The van der Waals surface area contributed by atoms with Crippen LogP contribution in [0.25, 0.3) is 5.69 Å². The molecule has 1 aromatic heterocycles. The fourth-order valence-electron chi connectivity index (χ4n) is 1.16. The van der Waals surface area contributed by atoms with Crippen LogP contribution in [0.4, 0.5) is 0 Å². The molecule has 2 aromatic rings. The number of rotatable bonds is 1. The van der Waals surface area contributed by atoms with Gasteiger partial charge in [-0.2, -0.15) is 0 Å². The molecule has 1 heterocycles. The molecule has 14 heavy (non-hydrogen) atoms. The third-order valence-electron chi connectivity index (χ3n) is 1.83. The minimum absolute atomic E-state index is 0.0995. The molecule has 0 aliphatic carbocycles. The zero-order valence-corrected chi connectivity index (χ0v) is 9.01. The first-order valence-electron chi connectivity index (χ1n) is 4.00. The Labute approximate surface area is 90.4 Å². The van der Waals surface area contributed by atoms with Gasteiger partial charge in [0, 0.05) is 22.3 Å². The summed E-state index contributed by atoms with van der Waals surface area (Å²) in [6.45, 7) is 1.96. The third kappa shape index (κ3) is 1.58. The van der Waals surface area contributed by atoms with E-state index in [0.717, 1.165) is 5.56 Å². The van der Waals surface area contributed by atoms with E-state index in [1.807, 2.05) is 19.1 Å². The molecular formula is C9H8ClN2OS+. The summed E-state index contributed by atoms with van der Waals surface area (Å²) in [7, 11) is 0. The number of aromatic hydroxyl groups is 1. The molecule has 1 aromatic carbocycles. The number of hydrogen-bond donors (Lipinski definition) is 1. The summed E-state index contributed by atoms with van der Waals surface area (Å²) in [4.78, 5) is 0. The molecule has 0 bridgehead atoms. The third-order valence-corrected chi connectivity index (χ3v) is 2.73. The van der Waals surface area contributed by atoms with Crippen LogP contribution in [0.15, 0.2) is 23.6 Å². The van der Waals surface area contributed by atoms with Gasteiger partial charge in [-0.1, -0.05) is 17.7 Å². The van der Waals surface area contributed by atoms with Crippen LogP contribution in [0.2, 0.25) is 5.02 Å². The van der Waals surface area contributed by atoms with Gasteiger partial charge in [0.2, 0.25) is 0 Å². The maximum Gasteiger partial charge on any atom is 0.410 e. The Kier molecular flexibility index (Phi) is 2.39. The molecule has 0 atom stereocenters. The Hall–Kier alpha value is -1.13. The Balaban J connectivity index is 2.62. The zero-order valence-electron chi connectivity index (χ0n) is 7.44. The summed E-state index contributed by atoms with van der Waals surface area (Å²) in [5.74, 6) is 0.0995. The van der Waals surface area contributed by atoms with E-state index < -0.39 is 0 Å². The van der Waals surface area contributed by atoms with Crippen molar-refractivity contribution in [2.45, 2.75) is 6.92 Å². The molecular weight excluding hydrogens is 220 g/mol. The highest BCUT2D eigenvalue weighted by molar-refractivity contribution is 7.03. The highest BCUT2D eigenvalue weighted by Crippen LogP contribution is 2.19. The number of aryl methyl sites for hydroxylation is 1. The molecule has 0 radical (unpaired) electrons. The Morgan fingerprint density at radius 1 is 1.50 bits per heavy atom. The van der Waals surface area contributed by atoms with E-state index in [-0.39, 0.29) is 5.88 Å². The molecule has 0 fully saturated rings. The molecule has 2 rings (SSSR count). The van der Waals surface area contributed by atoms with Crippen molar-refractivity contribution in [1.29, 1.82) is 0 Å². The normalized spacial score (nSPS) is 10.4. The first kappa shape index (κ1) is 9.43. The largest absolute Gasteiger partial charge is 0.457 e. The van der Waals surface area contributed by atoms with Crippen molar-refractivity contribution in [3.63, 3.8) is 0 Å². The predicted molar refractivity (Wildman–Crippen MR) is 55.1 cm³/mol. The molecule has 0 aliphatic rings. The van der Waals surface area contributed by atoms with Crippen LogP contribution in [0.1, 0.15) is 5.56 Å². The van der Waals surface area contributed by atoms with E-state index in [4.69, 9.17) is 11.6 Å². The Bertz CT molecular complexity index is 470. The molecule has 0 amide bonds. The van der Waals surface area contributed by atoms with E-state index in [0.29, 0.717) is 10.7 Å². The fraction of sp³-hybridized carbons (Fsp3) is 0.111. The molecule has 0 saturated heterocycles. The average Bonchev–Trinajstić information content (AvgIpc) is 2.56. The van der Waals surface area contributed by atoms with Crippen molar-refractivity contribution in [3.05, 3.63) is 34.2 Å². The van der Waals surface area contributed by atoms with Crippen LogP contribution < -0.4 is 4.68 Å². The van der Waals surface area contributed by atoms with E-state index in [1.54, 1.807) is 11.4 Å². The van der Waals surface area contributed by atoms with E-state index in [1.165, 1.54) is 16.2 Å². The van der Waals surface area contributed by atoms with Gasteiger partial charge in [0.1, 0.15) is 10.4 Å². The van der Waals surface area contributed by atoms with Crippen molar-refractivity contribution < 1.29 is 9.79 Å². The van der Waals surface area contributed by atoms with Crippen LogP contribution in [0.5, 0.6) is 5.88 Å². The van der Waals surface area contributed by atoms with Gasteiger partial charge in [0.15, 0.2) is 0 Å². The maximum atomic E-state index is 9.47. The number of hydrogen-bond acceptors (Lipinski definition) is 3. The van der Waals surface area contributed by atoms with Crippen LogP contribution >= 0.6 is 23.1 Å². The quantitative estimate of drug-likeness (QED) is 0.758. The van der Waals surface area contributed by atoms with E-state index >= 15 is 0 Å². The molecule has 0 saturated carbocycles. The van der Waals surface area contributed by atoms with Gasteiger partial charge in [-0.15, -0.1) is 0 Å². The average molecular weight is 228 g/mol. The molecule has 5 heteroatoms. The van der Waals surface area contributed by atoms with Crippen molar-refractivity contribution in [2.75, 3.05) is 0 Å². The van der Waals surface area contributed by atoms with E-state index in [9.17, 15) is 5.11 Å². The second-order valence-corrected chi connectivity index (χ2v) is 3.95. The topological polar surface area (TPSA) is 37.0 Å². The van der Waals surface area contributed by atoms with Crippen LogP contribution in [-0.4, -0.2) is 9.59 Å². The van der Waals surface area contributed by atoms with Gasteiger partial charge in [-0.05, 0) is 18.6 Å². The lowest BCUT2D eigenvalue weighted by molar-refractivity contribution is -0.657. The van der Waals surface area contributed by atoms with Gasteiger partial charge in [-0.25, -0.2) is 0 Å². The Morgan fingerprint density at radius 2 is 2.29 bits per heavy atom. The van der Waals surface area contributed by atoms with Crippen molar-refractivity contribution in [1.82, 2.24) is 4.49 Å². The zero-order chi connectivity index (χ0) is 10.1. The lowest BCUT2D eigenvalue weighted by Crippen LogP contribution is -2.32. The SMILES string of the molecule is Cc1ccc(Cl)c(-[n+]2nscc2O)c1. The monoisotopic (exact) mass is 227 g/mol. The van der Waals surface area contributed by atoms with Gasteiger partial charge in [0.25, 0.3) is 5.69 Å². The lowest BCUT2D eigenvalue weighted by Gasteiger charge is -1.95. The van der Waals surface area contributed by atoms with Crippen molar-refractivity contribution >= 4 is 23.1 Å². The maximum absolute atomic E-state index is 9.47. The van der Waals surface area contributed by atoms with Crippen molar-refractivity contribution in [2.24, 2.45) is 0 Å². The highest BCUT2D eigenvalue weighted by atomic mass is 35.5. The van der Waals surface area contributed by atoms with Gasteiger partial charge in [0.05, 0.1) is 4.49 Å². The molecule has 72 valence electrons. The van der Waals surface area contributed by atoms with Crippen molar-refractivity contribution in [3.8, 4) is 11.6 Å². The van der Waals surface area contributed by atoms with Crippen LogP contribution in [-0.2, 0) is 0 Å². The number of benzene rings is 1. The molecule has 0 spiro atoms. The summed E-state index contributed by atoms with van der Waals surface area (Å²) < 4.78 is 5.43. The van der Waals surface area contributed by atoms with Gasteiger partial charge >= 0.3 is 5.88 Å². The summed E-state index contributed by atoms with van der Waals surface area (Å²) in [5.41, 5.74) is 1.77. The van der Waals surface area contributed by atoms with E-state index in [2.05, 4.69) is 4.49 Å². The molecule has 0 unspecified atom stereocenters. The van der Waals surface area contributed by atoms with Crippen LogP contribution in [0, 0.1) is 6.92 Å². The first-order valence-corrected chi connectivity index (χ1v) is 5.22. The first-order chi connectivity index (χ1) is 6.68. The number of halogens is 1. The fourth-order valence-corrected chi connectivity index (χ4v) is 1.87. The second-order valence-electron chi connectivity index (χ2n) is 2.93. The summed E-state index contributed by atoms with van der Waals surface area (Å²) in [6.07, 6.45) is 0. The lowest BCUT2D eigenvalue weighted by atomic mass is 10.2. The minimum Gasteiger partial charge on any atom is -0.457 e. The number of aromatic nitrogens is 2. The summed E-state index contributed by atoms with van der Waals surface area (Å²) in [5, 5.41) is 11.6. The standard InChI is InChI=1S/C9H7ClN2OS/c1-6-2-3-7(10)8(4-6)12-9(13)5-14-11-12/h2-5H,1H3/p+1. The summed E-state index contributed by atoms with van der Waals surface area (Å²) in [6, 6.07) is 5.58. The van der Waals surface area contributed by atoms with Gasteiger partial charge < -0.3 is 5.11 Å². The molecule has 1 N–H and O–H groups in total. The van der Waals surface area contributed by atoms with Crippen LogP contribution in [0.3, 0.4) is 0 Å². The minimum atomic E-state index is 0.0995. The highest BCUT2D eigenvalue weighted by Gasteiger charge is 2.20. The second kappa shape index (κ2) is 3.55. The molecule has 0 aliphatic heterocycles. The molecule has 3 nitrogen and oxygen atoms in total.